The van der Waals surface area contributed by atoms with Crippen LogP contribution in [0.5, 0.6) is 0 Å². The van der Waals surface area contributed by atoms with Crippen LogP contribution < -0.4 is 20.7 Å². The molecule has 232 valence electrons. The van der Waals surface area contributed by atoms with E-state index in [1.165, 1.54) is 75.7 Å². The van der Waals surface area contributed by atoms with Crippen molar-refractivity contribution in [2.75, 3.05) is 0 Å². The number of fused-ring (bicyclic) bond motifs is 2. The van der Waals surface area contributed by atoms with Gasteiger partial charge in [-0.15, -0.1) is 68.3 Å². The van der Waals surface area contributed by atoms with Gasteiger partial charge in [-0.1, -0.05) is 144 Å². The molecule has 0 aliphatic carbocycles. The third kappa shape index (κ3) is 5.93. The fourth-order valence-corrected chi connectivity index (χ4v) is 12.3. The Morgan fingerprint density at radius 2 is 0.812 bits per heavy atom. The van der Waals surface area contributed by atoms with E-state index in [0.717, 1.165) is 0 Å². The van der Waals surface area contributed by atoms with Gasteiger partial charge in [-0.05, 0) is 35.3 Å². The number of aryl methyl sites for hydroxylation is 2. The quantitative estimate of drug-likeness (QED) is 0.116. The Bertz CT molecular complexity index is 2120. The third-order valence-corrected chi connectivity index (χ3v) is 14.1. The molecule has 0 aromatic heterocycles. The predicted molar refractivity (Wildman–Crippen MR) is 209 cm³/mol. The number of hydrogen-bond acceptors (Lipinski definition) is 0. The first-order valence-electron chi connectivity index (χ1n) is 15.8. The summed E-state index contributed by atoms with van der Waals surface area (Å²) < 4.78 is 0. The van der Waals surface area contributed by atoms with Crippen LogP contribution in [0.15, 0.2) is 170 Å². The van der Waals surface area contributed by atoms with Gasteiger partial charge in [-0.25, -0.2) is 0 Å². The minimum Gasteiger partial charge on any atom is -0.358 e. The van der Waals surface area contributed by atoms with Crippen molar-refractivity contribution in [2.24, 2.45) is 0 Å². The van der Waals surface area contributed by atoms with Crippen molar-refractivity contribution in [1.29, 1.82) is 0 Å². The summed E-state index contributed by atoms with van der Waals surface area (Å²) >= 11 is 0. The molecule has 0 N–H and O–H groups in total. The molecule has 0 heterocycles. The van der Waals surface area contributed by atoms with E-state index in [4.69, 9.17) is 0 Å². The van der Waals surface area contributed by atoms with Crippen molar-refractivity contribution >= 4 is 50.4 Å². The molecule has 8 rings (SSSR count). The van der Waals surface area contributed by atoms with Gasteiger partial charge in [0.05, 0.1) is 0 Å². The zero-order valence-corrected chi connectivity index (χ0v) is 32.8. The van der Waals surface area contributed by atoms with Crippen molar-refractivity contribution in [3.05, 3.63) is 196 Å². The summed E-state index contributed by atoms with van der Waals surface area (Å²) in [5, 5.41) is 10.9. The molecule has 0 radical (unpaired) electrons. The third-order valence-electron chi connectivity index (χ3n) is 9.44. The SMILES string of the molecule is Cc1cccc(-c2cccc3[cH-]c([Si](c4ccccc4)(c4ccccc4)c4cc5c(-c6cccc(C)c6)cccc5[cH-]4)cc23)c1.[CH3-].[CH3-].[Hf+4]. The van der Waals surface area contributed by atoms with Gasteiger partial charge >= 0.3 is 25.8 Å². The molecule has 0 fully saturated rings. The summed E-state index contributed by atoms with van der Waals surface area (Å²) in [5.74, 6) is 0. The van der Waals surface area contributed by atoms with Crippen molar-refractivity contribution in [3.8, 4) is 22.3 Å². The van der Waals surface area contributed by atoms with Gasteiger partial charge in [-0.3, -0.25) is 0 Å². The summed E-state index contributed by atoms with van der Waals surface area (Å²) in [6.45, 7) is 4.35. The first-order valence-corrected chi connectivity index (χ1v) is 17.8. The zero-order valence-electron chi connectivity index (χ0n) is 28.2. The molecule has 0 spiro atoms. The molecule has 0 bridgehead atoms. The maximum Gasteiger partial charge on any atom is 4.00 e. The van der Waals surface area contributed by atoms with Crippen LogP contribution >= 0.6 is 0 Å². The van der Waals surface area contributed by atoms with E-state index in [-0.39, 0.29) is 40.7 Å². The fourth-order valence-electron chi connectivity index (χ4n) is 7.41. The molecule has 0 saturated carbocycles. The Labute approximate surface area is 306 Å². The molecule has 0 nitrogen and oxygen atoms in total. The van der Waals surface area contributed by atoms with Gasteiger partial charge in [0, 0.05) is 0 Å². The molecule has 8 aromatic rings. The summed E-state index contributed by atoms with van der Waals surface area (Å²) in [7, 11) is -2.74. The van der Waals surface area contributed by atoms with E-state index in [1.807, 2.05) is 0 Å². The molecule has 0 saturated heterocycles. The van der Waals surface area contributed by atoms with Crippen LogP contribution in [-0.2, 0) is 25.8 Å². The Balaban J connectivity index is 0.00000150. The Kier molecular flexibility index (Phi) is 10.5. The van der Waals surface area contributed by atoms with Gasteiger partial charge in [0.15, 0.2) is 0 Å². The van der Waals surface area contributed by atoms with Crippen LogP contribution in [0.2, 0.25) is 0 Å². The monoisotopic (exact) mass is 800 g/mol. The molecular weight excluding hydrogens is 759 g/mol. The van der Waals surface area contributed by atoms with Crippen LogP contribution in [0.1, 0.15) is 11.1 Å². The number of benzene rings is 6. The summed E-state index contributed by atoms with van der Waals surface area (Å²) in [6, 6.07) is 63.9. The van der Waals surface area contributed by atoms with Crippen molar-refractivity contribution in [1.82, 2.24) is 0 Å². The normalized spacial score (nSPS) is 11.0. The van der Waals surface area contributed by atoms with Gasteiger partial charge < -0.3 is 14.9 Å². The van der Waals surface area contributed by atoms with E-state index in [0.29, 0.717) is 0 Å². The Morgan fingerprint density at radius 3 is 1.21 bits per heavy atom. The van der Waals surface area contributed by atoms with Crippen molar-refractivity contribution in [3.63, 3.8) is 0 Å². The maximum atomic E-state index is 2.51. The van der Waals surface area contributed by atoms with Crippen LogP contribution in [0.3, 0.4) is 0 Å². The van der Waals surface area contributed by atoms with E-state index in [1.54, 1.807) is 0 Å². The summed E-state index contributed by atoms with van der Waals surface area (Å²) in [6.07, 6.45) is 0. The molecule has 0 aliphatic rings. The van der Waals surface area contributed by atoms with Gasteiger partial charge in [-0.2, -0.15) is 12.1 Å². The second kappa shape index (κ2) is 14.4. The van der Waals surface area contributed by atoms with Crippen molar-refractivity contribution in [2.45, 2.75) is 13.8 Å². The van der Waals surface area contributed by atoms with Crippen LogP contribution in [0.25, 0.3) is 43.8 Å². The van der Waals surface area contributed by atoms with Gasteiger partial charge in [0.1, 0.15) is 8.07 Å². The van der Waals surface area contributed by atoms with Crippen LogP contribution in [-0.4, -0.2) is 8.07 Å². The van der Waals surface area contributed by atoms with E-state index in [9.17, 15) is 0 Å². The van der Waals surface area contributed by atoms with E-state index >= 15 is 0 Å². The van der Waals surface area contributed by atoms with Gasteiger partial charge in [0.2, 0.25) is 0 Å². The minimum atomic E-state index is -2.74. The topological polar surface area (TPSA) is 0 Å². The zero-order chi connectivity index (χ0) is 30.4. The first kappa shape index (κ1) is 34.9. The molecule has 48 heavy (non-hydrogen) atoms. The average molecular weight is 799 g/mol. The fraction of sp³-hybridized carbons (Fsp3) is 0.0435. The molecule has 0 atom stereocenters. The predicted octanol–water partition coefficient (Wildman–Crippen LogP) is 9.66. The van der Waals surface area contributed by atoms with E-state index in [2.05, 4.69) is 184 Å². The van der Waals surface area contributed by atoms with E-state index < -0.39 is 8.07 Å². The second-order valence-corrected chi connectivity index (χ2v) is 16.1. The molecular formula is C46H40HfSi. The van der Waals surface area contributed by atoms with Crippen LogP contribution in [0.4, 0.5) is 0 Å². The summed E-state index contributed by atoms with van der Waals surface area (Å²) in [4.78, 5) is 0. The average Bonchev–Trinajstić information content (AvgIpc) is 3.71. The van der Waals surface area contributed by atoms with Crippen molar-refractivity contribution < 1.29 is 25.8 Å². The molecule has 8 aromatic carbocycles. The summed E-state index contributed by atoms with van der Waals surface area (Å²) in [5.41, 5.74) is 7.68. The maximum absolute atomic E-state index is 2.74. The molecule has 0 unspecified atom stereocenters. The molecule has 2 heteroatoms. The Morgan fingerprint density at radius 1 is 0.417 bits per heavy atom. The first-order chi connectivity index (χ1) is 22.1. The smallest absolute Gasteiger partial charge is 0.358 e. The van der Waals surface area contributed by atoms with Crippen LogP contribution in [0, 0.1) is 28.7 Å². The Hall–Kier alpha value is -4.37. The molecule has 0 aliphatic heterocycles. The van der Waals surface area contributed by atoms with Gasteiger partial charge in [0.25, 0.3) is 0 Å². The standard InChI is InChI=1S/C44H34Si.2CH3.Hf/c1-31-13-9-15-33(25-31)41-23-11-17-35-27-39(29-43(35)41)45(37-19-5-3-6-20-37,38-21-7-4-8-22-38)40-28-36-18-12-24-42(44(36)30-40)34-16-10-14-32(2)26-34;;;/h3-30H,1-2H3;2*1H3;/q-2;2*-1;+4. The largest absolute Gasteiger partial charge is 4.00 e. The number of hydrogen-bond donors (Lipinski definition) is 0. The number of rotatable bonds is 6. The molecule has 0 amide bonds. The second-order valence-electron chi connectivity index (χ2n) is 12.3. The minimum absolute atomic E-state index is 0.